The number of nitrogens with one attached hydrogen (secondary N) is 1. The Morgan fingerprint density at radius 3 is 2.50 bits per heavy atom. The fraction of sp³-hybridized carbons (Fsp3) is 0.818. The van der Waals surface area contributed by atoms with Crippen molar-refractivity contribution in [3.05, 3.63) is 0 Å². The van der Waals surface area contributed by atoms with Gasteiger partial charge in [0.1, 0.15) is 0 Å². The highest BCUT2D eigenvalue weighted by atomic mass is 14.9. The number of rotatable bonds is 6. The van der Waals surface area contributed by atoms with Crippen molar-refractivity contribution in [2.24, 2.45) is 5.92 Å². The number of hydrogen-bond acceptors (Lipinski definition) is 1. The molecular formula is C11H21N. The van der Waals surface area contributed by atoms with Crippen LogP contribution in [0.2, 0.25) is 0 Å². The van der Waals surface area contributed by atoms with E-state index >= 15 is 0 Å². The van der Waals surface area contributed by atoms with Crippen LogP contribution in [0, 0.1) is 18.3 Å². The average molecular weight is 167 g/mol. The van der Waals surface area contributed by atoms with Crippen LogP contribution in [0.3, 0.4) is 0 Å². The van der Waals surface area contributed by atoms with Gasteiger partial charge in [0.2, 0.25) is 0 Å². The van der Waals surface area contributed by atoms with Crippen LogP contribution in [0.1, 0.15) is 40.0 Å². The van der Waals surface area contributed by atoms with Gasteiger partial charge in [-0.25, -0.2) is 0 Å². The van der Waals surface area contributed by atoms with Crippen LogP contribution in [0.5, 0.6) is 0 Å². The molecule has 0 aromatic carbocycles. The Balaban J connectivity index is 3.63. The van der Waals surface area contributed by atoms with Crippen molar-refractivity contribution >= 4 is 0 Å². The maximum atomic E-state index is 5.29. The van der Waals surface area contributed by atoms with Crippen LogP contribution in [0.15, 0.2) is 0 Å². The zero-order chi connectivity index (χ0) is 9.40. The normalized spacial score (nSPS) is 12.9. The topological polar surface area (TPSA) is 12.0 Å². The summed E-state index contributed by atoms with van der Waals surface area (Å²) in [4.78, 5) is 0. The lowest BCUT2D eigenvalue weighted by Gasteiger charge is -2.17. The van der Waals surface area contributed by atoms with Crippen molar-refractivity contribution in [1.82, 2.24) is 5.32 Å². The highest BCUT2D eigenvalue weighted by molar-refractivity contribution is 4.89. The summed E-state index contributed by atoms with van der Waals surface area (Å²) in [6, 6.07) is 0.523. The van der Waals surface area contributed by atoms with Gasteiger partial charge in [-0.15, -0.1) is 12.3 Å². The van der Waals surface area contributed by atoms with Crippen LogP contribution in [0.25, 0.3) is 0 Å². The lowest BCUT2D eigenvalue weighted by atomic mass is 10.0. The van der Waals surface area contributed by atoms with E-state index in [1.807, 2.05) is 0 Å². The molecule has 0 aromatic rings. The van der Waals surface area contributed by atoms with Crippen LogP contribution in [-0.2, 0) is 0 Å². The third-order valence-corrected chi connectivity index (χ3v) is 1.80. The standard InChI is InChI=1S/C11H21N/c1-5-7-11(9-10(3)4)12-8-6-2/h1,10-12H,6-9H2,2-4H3. The first kappa shape index (κ1) is 11.5. The fourth-order valence-corrected chi connectivity index (χ4v) is 1.30. The minimum absolute atomic E-state index is 0.523. The van der Waals surface area contributed by atoms with Crippen LogP contribution < -0.4 is 5.32 Å². The van der Waals surface area contributed by atoms with Gasteiger partial charge < -0.3 is 5.32 Å². The molecule has 0 rings (SSSR count). The molecule has 1 atom stereocenters. The molecule has 0 saturated heterocycles. The molecule has 1 heteroatoms. The fourth-order valence-electron chi connectivity index (χ4n) is 1.30. The van der Waals surface area contributed by atoms with E-state index in [4.69, 9.17) is 6.42 Å². The van der Waals surface area contributed by atoms with E-state index in [0.717, 1.165) is 18.9 Å². The first-order chi connectivity index (χ1) is 5.70. The Labute approximate surface area is 76.9 Å². The van der Waals surface area contributed by atoms with E-state index in [9.17, 15) is 0 Å². The summed E-state index contributed by atoms with van der Waals surface area (Å²) in [7, 11) is 0. The second-order valence-corrected chi connectivity index (χ2v) is 3.69. The maximum Gasteiger partial charge on any atom is 0.0240 e. The van der Waals surface area contributed by atoms with Crippen molar-refractivity contribution < 1.29 is 0 Å². The molecule has 0 saturated carbocycles. The minimum atomic E-state index is 0.523. The Hall–Kier alpha value is -0.480. The summed E-state index contributed by atoms with van der Waals surface area (Å²) in [5.41, 5.74) is 0. The molecule has 0 aromatic heterocycles. The van der Waals surface area contributed by atoms with E-state index in [1.165, 1.54) is 12.8 Å². The summed E-state index contributed by atoms with van der Waals surface area (Å²) in [6.45, 7) is 7.72. The van der Waals surface area contributed by atoms with Crippen molar-refractivity contribution in [3.8, 4) is 12.3 Å². The van der Waals surface area contributed by atoms with Gasteiger partial charge in [-0.05, 0) is 25.3 Å². The maximum absolute atomic E-state index is 5.29. The molecule has 0 radical (unpaired) electrons. The average Bonchev–Trinajstić information content (AvgIpc) is 2.00. The van der Waals surface area contributed by atoms with Crippen molar-refractivity contribution in [3.63, 3.8) is 0 Å². The van der Waals surface area contributed by atoms with Gasteiger partial charge in [0.15, 0.2) is 0 Å². The SMILES string of the molecule is C#CCC(CC(C)C)NCCC. The molecule has 0 heterocycles. The van der Waals surface area contributed by atoms with Crippen LogP contribution in [0.4, 0.5) is 0 Å². The van der Waals surface area contributed by atoms with Gasteiger partial charge in [0.25, 0.3) is 0 Å². The lowest BCUT2D eigenvalue weighted by Crippen LogP contribution is -2.30. The van der Waals surface area contributed by atoms with Crippen LogP contribution >= 0.6 is 0 Å². The Morgan fingerprint density at radius 2 is 2.08 bits per heavy atom. The highest BCUT2D eigenvalue weighted by Crippen LogP contribution is 2.07. The van der Waals surface area contributed by atoms with Crippen molar-refractivity contribution in [1.29, 1.82) is 0 Å². The first-order valence-corrected chi connectivity index (χ1v) is 4.87. The summed E-state index contributed by atoms with van der Waals surface area (Å²) in [5.74, 6) is 3.45. The van der Waals surface area contributed by atoms with E-state index in [-0.39, 0.29) is 0 Å². The zero-order valence-electron chi connectivity index (χ0n) is 8.56. The molecule has 1 unspecified atom stereocenters. The molecule has 0 aliphatic heterocycles. The van der Waals surface area contributed by atoms with Gasteiger partial charge in [-0.2, -0.15) is 0 Å². The van der Waals surface area contributed by atoms with Gasteiger partial charge in [0, 0.05) is 12.5 Å². The van der Waals surface area contributed by atoms with Crippen molar-refractivity contribution in [2.45, 2.75) is 46.1 Å². The smallest absolute Gasteiger partial charge is 0.0240 e. The first-order valence-electron chi connectivity index (χ1n) is 4.87. The van der Waals surface area contributed by atoms with E-state index < -0.39 is 0 Å². The molecule has 1 N–H and O–H groups in total. The second kappa shape index (κ2) is 7.18. The van der Waals surface area contributed by atoms with E-state index in [2.05, 4.69) is 32.0 Å². The monoisotopic (exact) mass is 167 g/mol. The molecule has 0 aliphatic rings. The minimum Gasteiger partial charge on any atom is -0.313 e. The molecule has 0 bridgehead atoms. The molecule has 0 fully saturated rings. The summed E-state index contributed by atoms with van der Waals surface area (Å²) >= 11 is 0. The Morgan fingerprint density at radius 1 is 1.42 bits per heavy atom. The zero-order valence-corrected chi connectivity index (χ0v) is 8.56. The molecule has 70 valence electrons. The molecule has 0 spiro atoms. The molecule has 0 aliphatic carbocycles. The van der Waals surface area contributed by atoms with Crippen LogP contribution in [-0.4, -0.2) is 12.6 Å². The van der Waals surface area contributed by atoms with Gasteiger partial charge in [-0.3, -0.25) is 0 Å². The summed E-state index contributed by atoms with van der Waals surface area (Å²) in [6.07, 6.45) is 8.51. The molecular weight excluding hydrogens is 146 g/mol. The van der Waals surface area contributed by atoms with E-state index in [0.29, 0.717) is 6.04 Å². The van der Waals surface area contributed by atoms with Gasteiger partial charge >= 0.3 is 0 Å². The third kappa shape index (κ3) is 6.24. The lowest BCUT2D eigenvalue weighted by molar-refractivity contribution is 0.424. The molecule has 1 nitrogen and oxygen atoms in total. The Kier molecular flexibility index (Phi) is 6.90. The second-order valence-electron chi connectivity index (χ2n) is 3.69. The van der Waals surface area contributed by atoms with Gasteiger partial charge in [-0.1, -0.05) is 20.8 Å². The third-order valence-electron chi connectivity index (χ3n) is 1.80. The van der Waals surface area contributed by atoms with E-state index in [1.54, 1.807) is 0 Å². The molecule has 12 heavy (non-hydrogen) atoms. The summed E-state index contributed by atoms with van der Waals surface area (Å²) < 4.78 is 0. The summed E-state index contributed by atoms with van der Waals surface area (Å²) in [5, 5.41) is 3.46. The van der Waals surface area contributed by atoms with Crippen molar-refractivity contribution in [2.75, 3.05) is 6.54 Å². The van der Waals surface area contributed by atoms with Gasteiger partial charge in [0.05, 0.1) is 0 Å². The molecule has 0 amide bonds. The Bertz CT molecular complexity index is 132. The largest absolute Gasteiger partial charge is 0.313 e. The number of terminal acetylenes is 1. The predicted octanol–water partition coefficient (Wildman–Crippen LogP) is 2.42. The number of hydrogen-bond donors (Lipinski definition) is 1. The predicted molar refractivity (Wildman–Crippen MR) is 55.0 cm³/mol. The quantitative estimate of drug-likeness (QED) is 0.599. The highest BCUT2D eigenvalue weighted by Gasteiger charge is 2.07.